The van der Waals surface area contributed by atoms with Crippen LogP contribution in [-0.2, 0) is 10.2 Å². The smallest absolute Gasteiger partial charge is 0.310 e. The number of phenolic OH excluding ortho intramolecular Hbond substituents is 1. The highest BCUT2D eigenvalue weighted by atomic mass is 35.5. The Bertz CT molecular complexity index is 496. The SMILES string of the molecule is CC(C)(C)CC(C(=O)O)c1ccc(O)c(C(C)(C)C)c1.Cl. The highest BCUT2D eigenvalue weighted by Crippen LogP contribution is 2.36. The summed E-state index contributed by atoms with van der Waals surface area (Å²) in [5, 5.41) is 19.5. The van der Waals surface area contributed by atoms with Crippen LogP contribution in [0.15, 0.2) is 18.2 Å². The molecule has 0 aliphatic heterocycles. The van der Waals surface area contributed by atoms with Crippen LogP contribution in [0.5, 0.6) is 5.75 Å². The van der Waals surface area contributed by atoms with E-state index >= 15 is 0 Å². The van der Waals surface area contributed by atoms with Crippen molar-refractivity contribution in [2.24, 2.45) is 5.41 Å². The number of carboxylic acids is 1. The molecule has 2 N–H and O–H groups in total. The van der Waals surface area contributed by atoms with Gasteiger partial charge in [-0.1, -0.05) is 53.7 Å². The summed E-state index contributed by atoms with van der Waals surface area (Å²) in [4.78, 5) is 11.6. The first-order valence-electron chi connectivity index (χ1n) is 6.98. The summed E-state index contributed by atoms with van der Waals surface area (Å²) in [5.41, 5.74) is 1.26. The molecule has 0 aliphatic carbocycles. The minimum Gasteiger partial charge on any atom is -0.508 e. The summed E-state index contributed by atoms with van der Waals surface area (Å²) >= 11 is 0. The number of carboxylic acid groups (broad SMARTS) is 1. The van der Waals surface area contributed by atoms with Gasteiger partial charge in [0.1, 0.15) is 5.75 Å². The highest BCUT2D eigenvalue weighted by Gasteiger charge is 2.28. The minimum absolute atomic E-state index is 0. The van der Waals surface area contributed by atoms with Crippen LogP contribution in [0, 0.1) is 5.41 Å². The van der Waals surface area contributed by atoms with Gasteiger partial charge in [0, 0.05) is 0 Å². The number of hydrogen-bond donors (Lipinski definition) is 2. The lowest BCUT2D eigenvalue weighted by molar-refractivity contribution is -0.139. The first-order valence-corrected chi connectivity index (χ1v) is 6.98. The van der Waals surface area contributed by atoms with E-state index in [0.29, 0.717) is 6.42 Å². The molecule has 1 rings (SSSR count). The van der Waals surface area contributed by atoms with Crippen LogP contribution in [0.3, 0.4) is 0 Å². The maximum Gasteiger partial charge on any atom is 0.310 e. The Balaban J connectivity index is 0.00000400. The first kappa shape index (κ1) is 19.8. The summed E-state index contributed by atoms with van der Waals surface area (Å²) < 4.78 is 0. The molecule has 0 spiro atoms. The lowest BCUT2D eigenvalue weighted by atomic mass is 9.79. The van der Waals surface area contributed by atoms with Gasteiger partial charge in [0.2, 0.25) is 0 Å². The molecule has 1 aromatic rings. The van der Waals surface area contributed by atoms with E-state index in [1.54, 1.807) is 12.1 Å². The van der Waals surface area contributed by atoms with Gasteiger partial charge >= 0.3 is 5.97 Å². The van der Waals surface area contributed by atoms with Gasteiger partial charge < -0.3 is 10.2 Å². The maximum atomic E-state index is 11.6. The van der Waals surface area contributed by atoms with Gasteiger partial charge in [-0.15, -0.1) is 12.4 Å². The van der Waals surface area contributed by atoms with E-state index in [0.717, 1.165) is 11.1 Å². The molecule has 1 unspecified atom stereocenters. The molecular formula is C17H27ClO3. The maximum absolute atomic E-state index is 11.6. The number of hydrogen-bond acceptors (Lipinski definition) is 2. The predicted molar refractivity (Wildman–Crippen MR) is 88.5 cm³/mol. The van der Waals surface area contributed by atoms with Gasteiger partial charge in [-0.25, -0.2) is 0 Å². The Kier molecular flexibility index (Phi) is 6.31. The molecule has 0 bridgehead atoms. The Morgan fingerprint density at radius 3 is 2.05 bits per heavy atom. The van der Waals surface area contributed by atoms with Crippen LogP contribution in [-0.4, -0.2) is 16.2 Å². The summed E-state index contributed by atoms with van der Waals surface area (Å²) in [6.07, 6.45) is 0.566. The fraction of sp³-hybridized carbons (Fsp3) is 0.588. The second kappa shape index (κ2) is 6.69. The van der Waals surface area contributed by atoms with Crippen molar-refractivity contribution in [2.75, 3.05) is 0 Å². The van der Waals surface area contributed by atoms with Gasteiger partial charge in [-0.2, -0.15) is 0 Å². The number of phenols is 1. The molecule has 4 heteroatoms. The fourth-order valence-electron chi connectivity index (χ4n) is 2.33. The Hall–Kier alpha value is -1.22. The normalized spacial score (nSPS) is 13.4. The third-order valence-electron chi connectivity index (χ3n) is 3.35. The molecule has 3 nitrogen and oxygen atoms in total. The summed E-state index contributed by atoms with van der Waals surface area (Å²) in [7, 11) is 0. The van der Waals surface area contributed by atoms with E-state index in [1.165, 1.54) is 0 Å². The predicted octanol–water partition coefficient (Wildman–Crippen LogP) is 4.72. The summed E-state index contributed by atoms with van der Waals surface area (Å²) in [6.45, 7) is 12.1. The number of rotatable bonds is 3. The zero-order valence-corrected chi connectivity index (χ0v) is 14.5. The van der Waals surface area contributed by atoms with Gasteiger partial charge in [0.25, 0.3) is 0 Å². The van der Waals surface area contributed by atoms with Crippen molar-refractivity contribution >= 4 is 18.4 Å². The Labute approximate surface area is 133 Å². The van der Waals surface area contributed by atoms with Crippen LogP contribution in [0.4, 0.5) is 0 Å². The third kappa shape index (κ3) is 5.58. The van der Waals surface area contributed by atoms with Crippen LogP contribution < -0.4 is 0 Å². The molecule has 0 radical (unpaired) electrons. The standard InChI is InChI=1S/C17H26O3.ClH/c1-16(2,3)10-12(15(19)20)11-7-8-14(18)13(9-11)17(4,5)6;/h7-9,12,18H,10H2,1-6H3,(H,19,20);1H. The number of aliphatic carboxylic acids is 1. The number of aromatic hydroxyl groups is 1. The molecule has 0 heterocycles. The molecule has 0 saturated carbocycles. The van der Waals surface area contributed by atoms with E-state index in [2.05, 4.69) is 0 Å². The quantitative estimate of drug-likeness (QED) is 0.849. The lowest BCUT2D eigenvalue weighted by Gasteiger charge is -2.26. The average Bonchev–Trinajstić information content (AvgIpc) is 2.23. The molecule has 0 amide bonds. The Morgan fingerprint density at radius 1 is 1.14 bits per heavy atom. The second-order valence-corrected chi connectivity index (χ2v) is 7.68. The van der Waals surface area contributed by atoms with Crippen molar-refractivity contribution in [2.45, 2.75) is 59.3 Å². The van der Waals surface area contributed by atoms with E-state index in [-0.39, 0.29) is 29.0 Å². The van der Waals surface area contributed by atoms with Crippen LogP contribution in [0.1, 0.15) is 65.0 Å². The molecular weight excluding hydrogens is 288 g/mol. The van der Waals surface area contributed by atoms with Gasteiger partial charge in [0.15, 0.2) is 0 Å². The molecule has 21 heavy (non-hydrogen) atoms. The minimum atomic E-state index is -0.814. The van der Waals surface area contributed by atoms with E-state index in [4.69, 9.17) is 0 Å². The number of halogens is 1. The highest BCUT2D eigenvalue weighted by molar-refractivity contribution is 5.85. The molecule has 0 saturated heterocycles. The number of carbonyl (C=O) groups is 1. The molecule has 120 valence electrons. The van der Waals surface area contributed by atoms with E-state index < -0.39 is 11.9 Å². The molecule has 0 aromatic heterocycles. The molecule has 0 aliphatic rings. The lowest BCUT2D eigenvalue weighted by Crippen LogP contribution is -2.20. The van der Waals surface area contributed by atoms with Gasteiger partial charge in [-0.05, 0) is 34.4 Å². The van der Waals surface area contributed by atoms with Crippen LogP contribution >= 0.6 is 12.4 Å². The molecule has 1 aromatic carbocycles. The Morgan fingerprint density at radius 2 is 1.67 bits per heavy atom. The van der Waals surface area contributed by atoms with Crippen LogP contribution in [0.2, 0.25) is 0 Å². The summed E-state index contributed by atoms with van der Waals surface area (Å²) in [5.74, 6) is -1.14. The van der Waals surface area contributed by atoms with Crippen molar-refractivity contribution < 1.29 is 15.0 Å². The van der Waals surface area contributed by atoms with Crippen molar-refractivity contribution in [3.8, 4) is 5.75 Å². The van der Waals surface area contributed by atoms with Gasteiger partial charge in [-0.3, -0.25) is 4.79 Å². The monoisotopic (exact) mass is 314 g/mol. The molecule has 0 fully saturated rings. The second-order valence-electron chi connectivity index (χ2n) is 7.68. The van der Waals surface area contributed by atoms with Crippen molar-refractivity contribution in [3.63, 3.8) is 0 Å². The first-order chi connectivity index (χ1) is 8.92. The third-order valence-corrected chi connectivity index (χ3v) is 3.35. The molecule has 1 atom stereocenters. The van der Waals surface area contributed by atoms with Crippen molar-refractivity contribution in [1.82, 2.24) is 0 Å². The summed E-state index contributed by atoms with van der Waals surface area (Å²) in [6, 6.07) is 5.16. The average molecular weight is 315 g/mol. The van der Waals surface area contributed by atoms with Crippen molar-refractivity contribution in [3.05, 3.63) is 29.3 Å². The van der Waals surface area contributed by atoms with Gasteiger partial charge in [0.05, 0.1) is 5.92 Å². The fourth-order valence-corrected chi connectivity index (χ4v) is 2.33. The van der Waals surface area contributed by atoms with E-state index in [1.807, 2.05) is 47.6 Å². The number of benzene rings is 1. The van der Waals surface area contributed by atoms with Crippen LogP contribution in [0.25, 0.3) is 0 Å². The topological polar surface area (TPSA) is 57.5 Å². The zero-order chi connectivity index (χ0) is 15.7. The van der Waals surface area contributed by atoms with E-state index in [9.17, 15) is 15.0 Å². The van der Waals surface area contributed by atoms with Crippen molar-refractivity contribution in [1.29, 1.82) is 0 Å². The largest absolute Gasteiger partial charge is 0.508 e. The zero-order valence-electron chi connectivity index (χ0n) is 13.7.